The zero-order valence-electron chi connectivity index (χ0n) is 22.8. The van der Waals surface area contributed by atoms with Crippen molar-refractivity contribution in [3.63, 3.8) is 0 Å². The molecule has 0 unspecified atom stereocenters. The van der Waals surface area contributed by atoms with Gasteiger partial charge in [-0.25, -0.2) is 9.78 Å². The molecular formula is C28H35ClN6O4. The molecule has 208 valence electrons. The highest BCUT2D eigenvalue weighted by molar-refractivity contribution is 6.30. The molecule has 0 radical (unpaired) electrons. The molecule has 2 heterocycles. The maximum Gasteiger partial charge on any atom is 0.420 e. The Balaban J connectivity index is 1.33. The molecule has 1 aliphatic rings. The number of nitrogens with zero attached hydrogens (tertiary/aromatic N) is 5. The molecule has 3 aromatic rings. The second-order valence-electron chi connectivity index (χ2n) is 9.41. The monoisotopic (exact) mass is 554 g/mol. The molecule has 1 N–H and O–H groups in total. The van der Waals surface area contributed by atoms with E-state index in [9.17, 15) is 4.79 Å². The van der Waals surface area contributed by atoms with Gasteiger partial charge in [0.25, 0.3) is 0 Å². The van der Waals surface area contributed by atoms with E-state index < -0.39 is 6.09 Å². The Kier molecular flexibility index (Phi) is 9.80. The number of amides is 1. The summed E-state index contributed by atoms with van der Waals surface area (Å²) >= 11 is 6.04. The first kappa shape index (κ1) is 28.4. The fraction of sp³-hybridized carbons (Fsp3) is 0.393. The highest BCUT2D eigenvalue weighted by Gasteiger charge is 2.17. The molecule has 4 rings (SSSR count). The molecule has 10 nitrogen and oxygen atoms in total. The summed E-state index contributed by atoms with van der Waals surface area (Å²) in [5.41, 5.74) is 1.51. The summed E-state index contributed by atoms with van der Waals surface area (Å²) in [4.78, 5) is 27.6. The zero-order valence-corrected chi connectivity index (χ0v) is 23.6. The average molecular weight is 555 g/mol. The number of likely N-dealkylation sites (N-methyl/N-ethyl adjacent to an activating group) is 1. The highest BCUT2D eigenvalue weighted by Crippen LogP contribution is 2.31. The smallest absolute Gasteiger partial charge is 0.420 e. The van der Waals surface area contributed by atoms with Crippen LogP contribution in [-0.2, 0) is 0 Å². The molecule has 0 aliphatic carbocycles. The van der Waals surface area contributed by atoms with Gasteiger partial charge >= 0.3 is 6.09 Å². The maximum atomic E-state index is 12.7. The van der Waals surface area contributed by atoms with E-state index in [1.807, 2.05) is 25.1 Å². The predicted molar refractivity (Wildman–Crippen MR) is 153 cm³/mol. The molecule has 0 saturated carbocycles. The van der Waals surface area contributed by atoms with Gasteiger partial charge in [0.15, 0.2) is 11.5 Å². The summed E-state index contributed by atoms with van der Waals surface area (Å²) in [6.45, 7) is 7.88. The van der Waals surface area contributed by atoms with E-state index in [1.165, 1.54) is 4.90 Å². The number of carbonyl (C=O) groups is 1. The van der Waals surface area contributed by atoms with Crippen LogP contribution in [0, 0.1) is 6.92 Å². The van der Waals surface area contributed by atoms with Crippen LogP contribution >= 0.6 is 11.6 Å². The van der Waals surface area contributed by atoms with Gasteiger partial charge in [0.2, 0.25) is 5.95 Å². The van der Waals surface area contributed by atoms with Crippen molar-refractivity contribution < 1.29 is 19.0 Å². The summed E-state index contributed by atoms with van der Waals surface area (Å²) in [7, 11) is 5.34. The van der Waals surface area contributed by atoms with Gasteiger partial charge < -0.3 is 29.3 Å². The normalized spacial score (nSPS) is 14.1. The minimum Gasteiger partial charge on any atom is -0.493 e. The highest BCUT2D eigenvalue weighted by atomic mass is 35.5. The third-order valence-electron chi connectivity index (χ3n) is 6.50. The number of hydrogen-bond donors (Lipinski definition) is 1. The predicted octanol–water partition coefficient (Wildman–Crippen LogP) is 4.84. The molecule has 1 amide bonds. The minimum atomic E-state index is -0.596. The van der Waals surface area contributed by atoms with Crippen LogP contribution in [0.4, 0.5) is 22.2 Å². The van der Waals surface area contributed by atoms with Gasteiger partial charge in [-0.05, 0) is 56.3 Å². The number of piperazine rings is 1. The van der Waals surface area contributed by atoms with Crippen molar-refractivity contribution in [3.05, 3.63) is 59.2 Å². The zero-order chi connectivity index (χ0) is 27.8. The topological polar surface area (TPSA) is 92.3 Å². The van der Waals surface area contributed by atoms with E-state index in [1.54, 1.807) is 44.6 Å². The van der Waals surface area contributed by atoms with Crippen molar-refractivity contribution in [2.45, 2.75) is 13.3 Å². The minimum absolute atomic E-state index is 0.314. The van der Waals surface area contributed by atoms with Gasteiger partial charge in [-0.3, -0.25) is 4.90 Å². The first-order chi connectivity index (χ1) is 18.8. The second-order valence-corrected chi connectivity index (χ2v) is 9.85. The van der Waals surface area contributed by atoms with E-state index >= 15 is 0 Å². The lowest BCUT2D eigenvalue weighted by molar-refractivity contribution is 0.145. The van der Waals surface area contributed by atoms with Gasteiger partial charge in [0, 0.05) is 62.7 Å². The third kappa shape index (κ3) is 7.95. The van der Waals surface area contributed by atoms with Crippen LogP contribution in [-0.4, -0.2) is 86.4 Å². The van der Waals surface area contributed by atoms with Gasteiger partial charge in [0.1, 0.15) is 11.6 Å². The Morgan fingerprint density at radius 3 is 2.64 bits per heavy atom. The number of hydrogen-bond acceptors (Lipinski definition) is 9. The second kappa shape index (κ2) is 13.5. The van der Waals surface area contributed by atoms with E-state index in [2.05, 4.69) is 32.1 Å². The summed E-state index contributed by atoms with van der Waals surface area (Å²) < 4.78 is 17.1. The van der Waals surface area contributed by atoms with Gasteiger partial charge in [-0.1, -0.05) is 17.7 Å². The van der Waals surface area contributed by atoms with Crippen LogP contribution in [0.1, 0.15) is 12.0 Å². The summed E-state index contributed by atoms with van der Waals surface area (Å²) in [5.74, 6) is 2.35. The van der Waals surface area contributed by atoms with Crippen molar-refractivity contribution in [2.24, 2.45) is 0 Å². The van der Waals surface area contributed by atoms with Crippen LogP contribution in [0.2, 0.25) is 5.02 Å². The number of rotatable bonds is 10. The molecule has 0 spiro atoms. The van der Waals surface area contributed by atoms with Gasteiger partial charge in [-0.15, -0.1) is 0 Å². The number of ether oxygens (including phenoxy) is 3. The Morgan fingerprint density at radius 1 is 1.08 bits per heavy atom. The van der Waals surface area contributed by atoms with Crippen LogP contribution < -0.4 is 24.4 Å². The van der Waals surface area contributed by atoms with E-state index in [0.717, 1.165) is 44.7 Å². The first-order valence-electron chi connectivity index (χ1n) is 12.9. The summed E-state index contributed by atoms with van der Waals surface area (Å²) in [6.07, 6.45) is 1.91. The lowest BCUT2D eigenvalue weighted by Gasteiger charge is -2.32. The van der Waals surface area contributed by atoms with Crippen LogP contribution in [0.25, 0.3) is 0 Å². The molecule has 1 aliphatic heterocycles. The molecule has 39 heavy (non-hydrogen) atoms. The number of methoxy groups -OCH3 is 1. The SMILES string of the molecule is COc1cc(Nc2nccc(N(C)C(=O)Oc3cc(Cl)ccc3C)n2)ccc1OCCCN1CCN(C)CC1. The number of anilines is 3. The van der Waals surface area contributed by atoms with Crippen molar-refractivity contribution in [2.75, 3.05) is 70.8 Å². The Morgan fingerprint density at radius 2 is 1.87 bits per heavy atom. The maximum absolute atomic E-state index is 12.7. The molecule has 1 saturated heterocycles. The van der Waals surface area contributed by atoms with E-state index in [-0.39, 0.29) is 0 Å². The summed E-state index contributed by atoms with van der Waals surface area (Å²) in [5, 5.41) is 3.64. The molecule has 2 aromatic carbocycles. The molecule has 11 heteroatoms. The van der Waals surface area contributed by atoms with Gasteiger partial charge in [-0.2, -0.15) is 4.98 Å². The van der Waals surface area contributed by atoms with Gasteiger partial charge in [0.05, 0.1) is 13.7 Å². The number of halogens is 1. The molecule has 1 aromatic heterocycles. The molecule has 1 fully saturated rings. The third-order valence-corrected chi connectivity index (χ3v) is 6.73. The lowest BCUT2D eigenvalue weighted by Crippen LogP contribution is -2.44. The number of carbonyl (C=O) groups excluding carboxylic acids is 1. The Hall–Kier alpha value is -3.60. The van der Waals surface area contributed by atoms with Crippen molar-refractivity contribution >= 4 is 35.1 Å². The van der Waals surface area contributed by atoms with Crippen LogP contribution in [0.5, 0.6) is 17.2 Å². The number of aromatic nitrogens is 2. The Labute approximate surface area is 234 Å². The average Bonchev–Trinajstić information content (AvgIpc) is 2.94. The first-order valence-corrected chi connectivity index (χ1v) is 13.2. The van der Waals surface area contributed by atoms with E-state index in [4.69, 9.17) is 25.8 Å². The Bertz CT molecular complexity index is 1270. The number of benzene rings is 2. The van der Waals surface area contributed by atoms with Crippen LogP contribution in [0.3, 0.4) is 0 Å². The van der Waals surface area contributed by atoms with Crippen molar-refractivity contribution in [1.82, 2.24) is 19.8 Å². The van der Waals surface area contributed by atoms with Crippen molar-refractivity contribution in [3.8, 4) is 17.2 Å². The van der Waals surface area contributed by atoms with Crippen molar-refractivity contribution in [1.29, 1.82) is 0 Å². The number of aryl methyl sites for hydroxylation is 1. The van der Waals surface area contributed by atoms with E-state index in [0.29, 0.717) is 46.3 Å². The summed E-state index contributed by atoms with van der Waals surface area (Å²) in [6, 6.07) is 12.3. The lowest BCUT2D eigenvalue weighted by atomic mass is 10.2. The molecular weight excluding hydrogens is 520 g/mol. The molecule has 0 atom stereocenters. The standard InChI is InChI=1S/C28H35ClN6O4/c1-20-6-7-21(29)18-24(20)39-28(36)34(3)26-10-11-30-27(32-26)31-22-8-9-23(25(19-22)37-4)38-17-5-12-35-15-13-33(2)14-16-35/h6-11,18-19H,5,12-17H2,1-4H3,(H,30,31,32). The fourth-order valence-electron chi connectivity index (χ4n) is 4.07. The number of nitrogens with one attached hydrogen (secondary N) is 1. The quantitative estimate of drug-likeness (QED) is 0.353. The largest absolute Gasteiger partial charge is 0.493 e. The van der Waals surface area contributed by atoms with Crippen LogP contribution in [0.15, 0.2) is 48.7 Å². The molecule has 0 bridgehead atoms. The fourth-order valence-corrected chi connectivity index (χ4v) is 4.23.